The lowest BCUT2D eigenvalue weighted by Gasteiger charge is -2.24. The first-order valence-electron chi connectivity index (χ1n) is 10.1. The number of benzene rings is 2. The third-order valence-corrected chi connectivity index (χ3v) is 5.26. The Kier molecular flexibility index (Phi) is 6.22. The molecular weight excluding hydrogens is 448 g/mol. The molecule has 0 radical (unpaired) electrons. The smallest absolute Gasteiger partial charge is 0.387 e. The monoisotopic (exact) mass is 467 g/mol. The van der Waals surface area contributed by atoms with E-state index < -0.39 is 30.1 Å². The summed E-state index contributed by atoms with van der Waals surface area (Å²) in [6, 6.07) is 13.8. The molecule has 1 aliphatic heterocycles. The molecule has 1 aromatic heterocycles. The van der Waals surface area contributed by atoms with Gasteiger partial charge in [0.1, 0.15) is 17.3 Å². The van der Waals surface area contributed by atoms with E-state index in [4.69, 9.17) is 4.74 Å². The Bertz CT molecular complexity index is 1240. The Balaban J connectivity index is 1.86. The van der Waals surface area contributed by atoms with Crippen molar-refractivity contribution in [2.45, 2.75) is 19.6 Å². The van der Waals surface area contributed by atoms with E-state index in [1.807, 2.05) is 0 Å². The molecule has 0 spiro atoms. The van der Waals surface area contributed by atoms with E-state index in [2.05, 4.69) is 14.9 Å². The highest BCUT2D eigenvalue weighted by Gasteiger charge is 2.47. The van der Waals surface area contributed by atoms with Crippen LogP contribution in [0.25, 0.3) is 5.76 Å². The number of nitrogens with zero attached hydrogens (tertiary/aromatic N) is 3. The molecule has 0 bridgehead atoms. The maximum atomic E-state index is 13.1. The number of amides is 1. The lowest BCUT2D eigenvalue weighted by molar-refractivity contribution is -0.132. The summed E-state index contributed by atoms with van der Waals surface area (Å²) in [5.74, 6) is -1.69. The lowest BCUT2D eigenvalue weighted by Crippen LogP contribution is -2.30. The molecule has 2 aromatic carbocycles. The fourth-order valence-corrected chi connectivity index (χ4v) is 3.64. The van der Waals surface area contributed by atoms with Gasteiger partial charge < -0.3 is 14.6 Å². The minimum Gasteiger partial charge on any atom is -0.507 e. The van der Waals surface area contributed by atoms with Crippen LogP contribution in [0.15, 0.2) is 66.2 Å². The molecule has 4 rings (SSSR count). The summed E-state index contributed by atoms with van der Waals surface area (Å²) in [4.78, 5) is 27.3. The van der Waals surface area contributed by atoms with Crippen LogP contribution in [0.4, 0.5) is 14.6 Å². The minimum absolute atomic E-state index is 0.0963. The van der Waals surface area contributed by atoms with Crippen LogP contribution in [0.5, 0.6) is 11.5 Å². The summed E-state index contributed by atoms with van der Waals surface area (Å²) < 4.78 is 34.6. The molecule has 174 valence electrons. The molecule has 0 aliphatic carbocycles. The fraction of sp³-hybridized carbons (Fsp3) is 0.167. The van der Waals surface area contributed by atoms with Gasteiger partial charge in [-0.2, -0.15) is 13.9 Å². The molecule has 2 heterocycles. The number of aromatic nitrogens is 2. The number of methoxy groups -OCH3 is 1. The van der Waals surface area contributed by atoms with E-state index in [1.165, 1.54) is 37.4 Å². The maximum Gasteiger partial charge on any atom is 0.387 e. The summed E-state index contributed by atoms with van der Waals surface area (Å²) in [5, 5.41) is 19.0. The van der Waals surface area contributed by atoms with Crippen LogP contribution in [0.1, 0.15) is 22.9 Å². The highest BCUT2D eigenvalue weighted by atomic mass is 19.3. The number of alkyl halides is 2. The number of hydrogen-bond acceptors (Lipinski definition) is 7. The number of halogens is 2. The number of hydrogen-bond donors (Lipinski definition) is 1. The fourth-order valence-electron chi connectivity index (χ4n) is 3.64. The van der Waals surface area contributed by atoms with Gasteiger partial charge in [-0.15, -0.1) is 5.10 Å². The van der Waals surface area contributed by atoms with Crippen molar-refractivity contribution in [3.8, 4) is 11.5 Å². The second kappa shape index (κ2) is 9.26. The predicted molar refractivity (Wildman–Crippen MR) is 118 cm³/mol. The van der Waals surface area contributed by atoms with Crippen LogP contribution < -0.4 is 14.4 Å². The average Bonchev–Trinajstić information content (AvgIpc) is 3.10. The molecule has 1 fully saturated rings. The maximum absolute atomic E-state index is 13.1. The Labute approximate surface area is 193 Å². The van der Waals surface area contributed by atoms with Crippen molar-refractivity contribution in [2.24, 2.45) is 0 Å². The van der Waals surface area contributed by atoms with Crippen LogP contribution in [0.3, 0.4) is 0 Å². The van der Waals surface area contributed by atoms with Crippen LogP contribution in [-0.2, 0) is 9.59 Å². The van der Waals surface area contributed by atoms with Gasteiger partial charge in [0.25, 0.3) is 5.78 Å². The summed E-state index contributed by atoms with van der Waals surface area (Å²) >= 11 is 0. The van der Waals surface area contributed by atoms with E-state index >= 15 is 0 Å². The van der Waals surface area contributed by atoms with Crippen LogP contribution >= 0.6 is 0 Å². The molecule has 1 atom stereocenters. The van der Waals surface area contributed by atoms with E-state index in [1.54, 1.807) is 37.3 Å². The molecule has 1 N–H and O–H groups in total. The summed E-state index contributed by atoms with van der Waals surface area (Å²) in [6.45, 7) is -1.29. The molecular formula is C24H19F2N3O5. The Morgan fingerprint density at radius 3 is 2.18 bits per heavy atom. The van der Waals surface area contributed by atoms with Gasteiger partial charge in [0, 0.05) is 5.56 Å². The van der Waals surface area contributed by atoms with Gasteiger partial charge in [-0.05, 0) is 61.0 Å². The van der Waals surface area contributed by atoms with Crippen molar-refractivity contribution in [3.63, 3.8) is 0 Å². The third kappa shape index (κ3) is 4.29. The Morgan fingerprint density at radius 2 is 1.62 bits per heavy atom. The van der Waals surface area contributed by atoms with E-state index in [0.29, 0.717) is 17.0 Å². The molecule has 1 unspecified atom stereocenters. The van der Waals surface area contributed by atoms with Crippen LogP contribution in [0.2, 0.25) is 0 Å². The predicted octanol–water partition coefficient (Wildman–Crippen LogP) is 4.02. The van der Waals surface area contributed by atoms with Crippen molar-refractivity contribution < 1.29 is 33.0 Å². The number of carbonyl (C=O) groups is 2. The lowest BCUT2D eigenvalue weighted by atomic mass is 9.95. The first kappa shape index (κ1) is 22.8. The third-order valence-electron chi connectivity index (χ3n) is 5.26. The number of aliphatic hydroxyl groups excluding tert-OH is 1. The normalized spacial score (nSPS) is 17.3. The number of Topliss-reactive ketones (excluding diaryl/α,β-unsaturated/α-hetero) is 1. The van der Waals surface area contributed by atoms with Gasteiger partial charge in [-0.1, -0.05) is 12.1 Å². The molecule has 1 saturated heterocycles. The number of ketones is 1. The van der Waals surface area contributed by atoms with Gasteiger partial charge in [0.15, 0.2) is 5.82 Å². The summed E-state index contributed by atoms with van der Waals surface area (Å²) in [5.41, 5.74) is 1.08. The molecule has 3 aromatic rings. The van der Waals surface area contributed by atoms with Crippen molar-refractivity contribution in [2.75, 3.05) is 12.0 Å². The highest BCUT2D eigenvalue weighted by molar-refractivity contribution is 6.51. The van der Waals surface area contributed by atoms with Gasteiger partial charge in [-0.3, -0.25) is 14.5 Å². The number of carbonyl (C=O) groups excluding carboxylic acids is 2. The average molecular weight is 467 g/mol. The number of aliphatic hydroxyl groups is 1. The minimum atomic E-state index is -3.01. The van der Waals surface area contributed by atoms with Gasteiger partial charge in [-0.25, -0.2) is 0 Å². The number of rotatable bonds is 6. The number of anilines is 1. The van der Waals surface area contributed by atoms with Gasteiger partial charge in [0.05, 0.1) is 24.4 Å². The highest BCUT2D eigenvalue weighted by Crippen LogP contribution is 2.42. The molecule has 34 heavy (non-hydrogen) atoms. The van der Waals surface area contributed by atoms with Crippen molar-refractivity contribution in [1.29, 1.82) is 0 Å². The molecule has 1 amide bonds. The zero-order valence-electron chi connectivity index (χ0n) is 18.1. The summed E-state index contributed by atoms with van der Waals surface area (Å²) in [6.07, 6.45) is 0. The Morgan fingerprint density at radius 1 is 0.971 bits per heavy atom. The zero-order valence-corrected chi connectivity index (χ0v) is 18.1. The molecule has 10 heteroatoms. The van der Waals surface area contributed by atoms with Crippen molar-refractivity contribution >= 4 is 23.3 Å². The molecule has 8 nitrogen and oxygen atoms in total. The summed E-state index contributed by atoms with van der Waals surface area (Å²) in [7, 11) is 1.49. The first-order chi connectivity index (χ1) is 16.3. The second-order valence-electron chi connectivity index (χ2n) is 7.38. The quantitative estimate of drug-likeness (QED) is 0.332. The second-order valence-corrected chi connectivity index (χ2v) is 7.38. The first-order valence-corrected chi connectivity index (χ1v) is 10.1. The van der Waals surface area contributed by atoms with Gasteiger partial charge in [0.2, 0.25) is 0 Å². The topological polar surface area (TPSA) is 102 Å². The van der Waals surface area contributed by atoms with Crippen molar-refractivity contribution in [3.05, 3.63) is 83.1 Å². The van der Waals surface area contributed by atoms with E-state index in [9.17, 15) is 23.5 Å². The van der Waals surface area contributed by atoms with Crippen LogP contribution in [-0.4, -0.2) is 40.7 Å². The largest absolute Gasteiger partial charge is 0.507 e. The molecule has 0 saturated carbocycles. The number of aryl methyl sites for hydroxylation is 1. The van der Waals surface area contributed by atoms with Crippen molar-refractivity contribution in [1.82, 2.24) is 10.2 Å². The SMILES string of the molecule is COc1ccc(C(O)=C2C(=O)C(=O)N(c3ccc(C)nn3)C2c2ccc(OC(F)F)cc2)cc1. The number of ether oxygens (including phenoxy) is 2. The standard InChI is InChI=1S/C24H19F2N3O5/c1-13-3-12-18(28-27-13)29-20(14-4-10-17(11-5-14)34-24(25)26)19(22(31)23(29)32)21(30)15-6-8-16(33-2)9-7-15/h3-12,20,24,30H,1-2H3. The Hall–Kier alpha value is -4.34. The zero-order chi connectivity index (χ0) is 24.4. The molecule has 1 aliphatic rings. The van der Waals surface area contributed by atoms with Gasteiger partial charge >= 0.3 is 12.5 Å². The van der Waals surface area contributed by atoms with Crippen LogP contribution in [0, 0.1) is 6.92 Å². The van der Waals surface area contributed by atoms with E-state index in [0.717, 1.165) is 4.90 Å². The van der Waals surface area contributed by atoms with E-state index in [-0.39, 0.29) is 22.7 Å².